The van der Waals surface area contributed by atoms with Gasteiger partial charge in [0.15, 0.2) is 12.4 Å². The van der Waals surface area contributed by atoms with Crippen molar-refractivity contribution in [3.63, 3.8) is 0 Å². The SMILES string of the molecule is O=C(O)COc1ccc(Cl)cc1C(=O)C1C=C(C(F)(F)F)C=C(F)C1. The van der Waals surface area contributed by atoms with E-state index in [1.165, 1.54) is 12.1 Å². The second kappa shape index (κ2) is 7.26. The Balaban J connectivity index is 2.37. The Morgan fingerprint density at radius 2 is 2.00 bits per heavy atom. The fourth-order valence-corrected chi connectivity index (χ4v) is 2.44. The maximum Gasteiger partial charge on any atom is 0.416 e. The van der Waals surface area contributed by atoms with Gasteiger partial charge < -0.3 is 9.84 Å². The summed E-state index contributed by atoms with van der Waals surface area (Å²) in [5, 5.41) is 8.73. The van der Waals surface area contributed by atoms with Gasteiger partial charge in [-0.2, -0.15) is 13.2 Å². The van der Waals surface area contributed by atoms with Crippen LogP contribution in [0.4, 0.5) is 17.6 Å². The zero-order chi connectivity index (χ0) is 18.8. The van der Waals surface area contributed by atoms with Crippen molar-refractivity contribution in [1.29, 1.82) is 0 Å². The molecule has 1 unspecified atom stereocenters. The minimum Gasteiger partial charge on any atom is -0.481 e. The number of hydrogen-bond acceptors (Lipinski definition) is 3. The van der Waals surface area contributed by atoms with E-state index in [4.69, 9.17) is 21.4 Å². The van der Waals surface area contributed by atoms with E-state index >= 15 is 0 Å². The van der Waals surface area contributed by atoms with E-state index in [0.29, 0.717) is 12.2 Å². The van der Waals surface area contributed by atoms with Crippen LogP contribution in [0.3, 0.4) is 0 Å². The van der Waals surface area contributed by atoms with E-state index in [1.54, 1.807) is 0 Å². The molecule has 1 atom stereocenters. The van der Waals surface area contributed by atoms with E-state index in [0.717, 1.165) is 6.07 Å². The lowest BCUT2D eigenvalue weighted by Crippen LogP contribution is -2.21. The molecule has 0 amide bonds. The molecule has 1 aliphatic carbocycles. The Morgan fingerprint density at radius 1 is 1.32 bits per heavy atom. The molecule has 1 aliphatic rings. The van der Waals surface area contributed by atoms with Crippen molar-refractivity contribution in [3.05, 3.63) is 52.3 Å². The molecule has 1 aromatic carbocycles. The third-order valence-corrected chi connectivity index (χ3v) is 3.57. The van der Waals surface area contributed by atoms with Gasteiger partial charge in [-0.1, -0.05) is 17.7 Å². The zero-order valence-electron chi connectivity index (χ0n) is 12.4. The minimum atomic E-state index is -4.80. The summed E-state index contributed by atoms with van der Waals surface area (Å²) in [7, 11) is 0. The number of ketones is 1. The molecule has 0 saturated heterocycles. The summed E-state index contributed by atoms with van der Waals surface area (Å²) in [4.78, 5) is 23.1. The molecular formula is C16H11ClF4O4. The molecule has 0 aliphatic heterocycles. The summed E-state index contributed by atoms with van der Waals surface area (Å²) in [5.74, 6) is -4.81. The molecule has 0 spiro atoms. The van der Waals surface area contributed by atoms with Crippen molar-refractivity contribution >= 4 is 23.4 Å². The molecule has 9 heteroatoms. The Bertz CT molecular complexity index is 768. The van der Waals surface area contributed by atoms with Crippen LogP contribution in [0, 0.1) is 5.92 Å². The molecule has 0 heterocycles. The standard InChI is InChI=1S/C16H11ClF4O4/c17-10-1-2-13(25-7-14(22)23)12(6-10)15(24)8-3-9(16(19,20)21)5-11(18)4-8/h1-3,5-6,8H,4,7H2,(H,22,23). The van der Waals surface area contributed by atoms with E-state index in [1.807, 2.05) is 0 Å². The van der Waals surface area contributed by atoms with Crippen molar-refractivity contribution in [2.24, 2.45) is 5.92 Å². The molecule has 1 aromatic rings. The van der Waals surface area contributed by atoms with Crippen molar-refractivity contribution in [2.45, 2.75) is 12.6 Å². The molecule has 0 fully saturated rings. The number of alkyl halides is 3. The summed E-state index contributed by atoms with van der Waals surface area (Å²) in [5.41, 5.74) is -1.48. The van der Waals surface area contributed by atoms with Crippen LogP contribution < -0.4 is 4.74 Å². The van der Waals surface area contributed by atoms with Crippen LogP contribution in [0.25, 0.3) is 0 Å². The molecule has 0 radical (unpaired) electrons. The highest BCUT2D eigenvalue weighted by Crippen LogP contribution is 2.36. The van der Waals surface area contributed by atoms with Crippen LogP contribution in [-0.2, 0) is 4.79 Å². The molecule has 2 rings (SSSR count). The summed E-state index contributed by atoms with van der Waals surface area (Å²) in [6, 6.07) is 3.69. The summed E-state index contributed by atoms with van der Waals surface area (Å²) < 4.78 is 56.9. The van der Waals surface area contributed by atoms with E-state index < -0.39 is 48.3 Å². The van der Waals surface area contributed by atoms with Crippen LogP contribution >= 0.6 is 11.6 Å². The Hall–Kier alpha value is -2.35. The highest BCUT2D eigenvalue weighted by atomic mass is 35.5. The first kappa shape index (κ1) is 19.0. The molecule has 0 aromatic heterocycles. The Labute approximate surface area is 144 Å². The maximum atomic E-state index is 13.6. The van der Waals surface area contributed by atoms with Gasteiger partial charge in [-0.05, 0) is 24.3 Å². The first-order valence-corrected chi connectivity index (χ1v) is 7.29. The van der Waals surface area contributed by atoms with Crippen molar-refractivity contribution in [2.75, 3.05) is 6.61 Å². The number of halogens is 5. The topological polar surface area (TPSA) is 63.6 Å². The normalized spacial score (nSPS) is 17.6. The number of Topliss-reactive ketones (excluding diaryl/α,β-unsaturated/α-hetero) is 1. The van der Waals surface area contributed by atoms with Crippen LogP contribution in [0.2, 0.25) is 5.02 Å². The fourth-order valence-electron chi connectivity index (χ4n) is 2.27. The van der Waals surface area contributed by atoms with Gasteiger partial charge in [0.05, 0.1) is 11.1 Å². The van der Waals surface area contributed by atoms with E-state index in [2.05, 4.69) is 0 Å². The molecular weight excluding hydrogens is 368 g/mol. The molecule has 4 nitrogen and oxygen atoms in total. The maximum absolute atomic E-state index is 13.6. The number of carbonyl (C=O) groups is 2. The van der Waals surface area contributed by atoms with Gasteiger partial charge in [0.25, 0.3) is 0 Å². The number of benzene rings is 1. The number of carboxylic acid groups (broad SMARTS) is 1. The Morgan fingerprint density at radius 3 is 2.60 bits per heavy atom. The monoisotopic (exact) mass is 378 g/mol. The lowest BCUT2D eigenvalue weighted by atomic mass is 9.88. The smallest absolute Gasteiger partial charge is 0.416 e. The van der Waals surface area contributed by atoms with Gasteiger partial charge in [0, 0.05) is 17.4 Å². The van der Waals surface area contributed by atoms with E-state index in [9.17, 15) is 27.2 Å². The number of allylic oxidation sites excluding steroid dienone is 4. The largest absolute Gasteiger partial charge is 0.481 e. The fraction of sp³-hybridized carbons (Fsp3) is 0.250. The van der Waals surface area contributed by atoms with Gasteiger partial charge in [-0.25, -0.2) is 9.18 Å². The van der Waals surface area contributed by atoms with Gasteiger partial charge in [0.1, 0.15) is 11.6 Å². The average molecular weight is 379 g/mol. The predicted octanol–water partition coefficient (Wildman–Crippen LogP) is 4.35. The number of rotatable bonds is 5. The average Bonchev–Trinajstić information content (AvgIpc) is 2.51. The Kier molecular flexibility index (Phi) is 5.52. The van der Waals surface area contributed by atoms with Gasteiger partial charge >= 0.3 is 12.1 Å². The summed E-state index contributed by atoms with van der Waals surface area (Å²) in [6.45, 7) is -0.759. The molecule has 1 N–H and O–H groups in total. The lowest BCUT2D eigenvalue weighted by Gasteiger charge is -2.20. The minimum absolute atomic E-state index is 0.0953. The van der Waals surface area contributed by atoms with Crippen LogP contribution in [0.1, 0.15) is 16.8 Å². The highest BCUT2D eigenvalue weighted by molar-refractivity contribution is 6.31. The second-order valence-corrected chi connectivity index (χ2v) is 5.65. The van der Waals surface area contributed by atoms with Crippen molar-refractivity contribution in [1.82, 2.24) is 0 Å². The van der Waals surface area contributed by atoms with Gasteiger partial charge in [0.2, 0.25) is 0 Å². The molecule has 25 heavy (non-hydrogen) atoms. The number of carbonyl (C=O) groups excluding carboxylic acids is 1. The quantitative estimate of drug-likeness (QED) is 0.611. The van der Waals surface area contributed by atoms with Gasteiger partial charge in [-0.15, -0.1) is 0 Å². The predicted molar refractivity (Wildman–Crippen MR) is 80.3 cm³/mol. The third kappa shape index (κ3) is 4.82. The van der Waals surface area contributed by atoms with Crippen molar-refractivity contribution < 1.29 is 37.0 Å². The zero-order valence-corrected chi connectivity index (χ0v) is 13.2. The first-order chi connectivity index (χ1) is 11.6. The third-order valence-electron chi connectivity index (χ3n) is 3.33. The van der Waals surface area contributed by atoms with Crippen LogP contribution in [-0.4, -0.2) is 29.6 Å². The second-order valence-electron chi connectivity index (χ2n) is 5.21. The number of carboxylic acids is 1. The van der Waals surface area contributed by atoms with Crippen molar-refractivity contribution in [3.8, 4) is 5.75 Å². The van der Waals surface area contributed by atoms with Crippen LogP contribution in [0.15, 0.2) is 41.8 Å². The van der Waals surface area contributed by atoms with E-state index in [-0.39, 0.29) is 16.3 Å². The molecule has 0 bridgehead atoms. The lowest BCUT2D eigenvalue weighted by molar-refractivity contribution is -0.139. The van der Waals surface area contributed by atoms with Crippen LogP contribution in [0.5, 0.6) is 5.75 Å². The summed E-state index contributed by atoms with van der Waals surface area (Å²) in [6.07, 6.45) is -4.37. The summed E-state index contributed by atoms with van der Waals surface area (Å²) >= 11 is 5.79. The number of aliphatic carboxylic acids is 1. The highest BCUT2D eigenvalue weighted by Gasteiger charge is 2.37. The number of hydrogen-bond donors (Lipinski definition) is 1. The molecule has 0 saturated carbocycles. The molecule has 134 valence electrons. The number of ether oxygens (including phenoxy) is 1. The first-order valence-electron chi connectivity index (χ1n) is 6.91. The van der Waals surface area contributed by atoms with Gasteiger partial charge in [-0.3, -0.25) is 4.79 Å².